The monoisotopic (exact) mass is 312 g/mol. The standard InChI is InChI=1S/C14H10Cl2O2S/c15-10-5-6-13(11(7-10)14(17)18)19-8-9-3-1-2-4-12(9)16/h1-7H,8H2,(H,17,18). The van der Waals surface area contributed by atoms with Crippen LogP contribution in [0.2, 0.25) is 10.0 Å². The third-order valence-electron chi connectivity index (χ3n) is 2.51. The zero-order valence-electron chi connectivity index (χ0n) is 9.77. The lowest BCUT2D eigenvalue weighted by Crippen LogP contribution is -1.98. The number of hydrogen-bond acceptors (Lipinski definition) is 2. The third-order valence-corrected chi connectivity index (χ3v) is 4.24. The summed E-state index contributed by atoms with van der Waals surface area (Å²) in [5, 5.41) is 10.2. The summed E-state index contributed by atoms with van der Waals surface area (Å²) >= 11 is 13.3. The van der Waals surface area contributed by atoms with Gasteiger partial charge in [0.2, 0.25) is 0 Å². The molecule has 2 aromatic carbocycles. The van der Waals surface area contributed by atoms with Gasteiger partial charge in [-0.15, -0.1) is 11.8 Å². The Morgan fingerprint density at radius 2 is 1.89 bits per heavy atom. The molecule has 0 aliphatic heterocycles. The Balaban J connectivity index is 2.20. The van der Waals surface area contributed by atoms with Gasteiger partial charge < -0.3 is 5.11 Å². The highest BCUT2D eigenvalue weighted by Gasteiger charge is 2.11. The van der Waals surface area contributed by atoms with Gasteiger partial charge in [-0.25, -0.2) is 4.79 Å². The minimum Gasteiger partial charge on any atom is -0.478 e. The number of halogens is 2. The Morgan fingerprint density at radius 1 is 1.16 bits per heavy atom. The van der Waals surface area contributed by atoms with E-state index in [0.717, 1.165) is 5.56 Å². The Bertz CT molecular complexity index is 614. The first-order valence-corrected chi connectivity index (χ1v) is 7.21. The molecular formula is C14H10Cl2O2S. The van der Waals surface area contributed by atoms with Crippen LogP contribution in [-0.4, -0.2) is 11.1 Å². The maximum atomic E-state index is 11.2. The van der Waals surface area contributed by atoms with Gasteiger partial charge in [-0.2, -0.15) is 0 Å². The number of rotatable bonds is 4. The lowest BCUT2D eigenvalue weighted by atomic mass is 10.2. The van der Waals surface area contributed by atoms with Crippen molar-refractivity contribution in [2.75, 3.05) is 0 Å². The quantitative estimate of drug-likeness (QED) is 0.809. The van der Waals surface area contributed by atoms with Crippen molar-refractivity contribution in [2.24, 2.45) is 0 Å². The molecule has 0 heterocycles. The van der Waals surface area contributed by atoms with Gasteiger partial charge in [0.25, 0.3) is 0 Å². The van der Waals surface area contributed by atoms with Gasteiger partial charge in [0, 0.05) is 20.7 Å². The van der Waals surface area contributed by atoms with E-state index in [1.54, 1.807) is 12.1 Å². The molecule has 0 aliphatic carbocycles. The summed E-state index contributed by atoms with van der Waals surface area (Å²) in [6.07, 6.45) is 0. The molecule has 0 bridgehead atoms. The summed E-state index contributed by atoms with van der Waals surface area (Å²) in [7, 11) is 0. The SMILES string of the molecule is O=C(O)c1cc(Cl)ccc1SCc1ccccc1Cl. The Hall–Kier alpha value is -1.16. The molecule has 2 aromatic rings. The number of benzene rings is 2. The summed E-state index contributed by atoms with van der Waals surface area (Å²) in [6.45, 7) is 0. The minimum atomic E-state index is -0.982. The predicted molar refractivity (Wildman–Crippen MR) is 79.4 cm³/mol. The number of hydrogen-bond donors (Lipinski definition) is 1. The molecule has 0 fully saturated rings. The van der Waals surface area contributed by atoms with E-state index in [9.17, 15) is 4.79 Å². The molecule has 0 aliphatic rings. The molecule has 0 amide bonds. The molecule has 5 heteroatoms. The Morgan fingerprint density at radius 3 is 2.58 bits per heavy atom. The lowest BCUT2D eigenvalue weighted by Gasteiger charge is -2.07. The van der Waals surface area contributed by atoms with E-state index in [1.807, 2.05) is 24.3 Å². The number of carbonyl (C=O) groups is 1. The summed E-state index contributed by atoms with van der Waals surface area (Å²) in [4.78, 5) is 11.8. The minimum absolute atomic E-state index is 0.213. The highest BCUT2D eigenvalue weighted by atomic mass is 35.5. The van der Waals surface area contributed by atoms with E-state index in [-0.39, 0.29) is 5.56 Å². The van der Waals surface area contributed by atoms with E-state index in [4.69, 9.17) is 28.3 Å². The lowest BCUT2D eigenvalue weighted by molar-refractivity contribution is 0.0693. The van der Waals surface area contributed by atoms with E-state index in [0.29, 0.717) is 20.7 Å². The Kier molecular flexibility index (Phi) is 4.75. The van der Waals surface area contributed by atoms with Gasteiger partial charge in [0.1, 0.15) is 0 Å². The van der Waals surface area contributed by atoms with Gasteiger partial charge in [0.15, 0.2) is 0 Å². The van der Waals surface area contributed by atoms with Crippen molar-refractivity contribution >= 4 is 40.9 Å². The summed E-state index contributed by atoms with van der Waals surface area (Å²) in [5.41, 5.74) is 1.19. The van der Waals surface area contributed by atoms with Crippen LogP contribution in [0.4, 0.5) is 0 Å². The fourth-order valence-corrected chi connectivity index (χ4v) is 3.05. The van der Waals surface area contributed by atoms with E-state index >= 15 is 0 Å². The van der Waals surface area contributed by atoms with Crippen LogP contribution in [0.3, 0.4) is 0 Å². The van der Waals surface area contributed by atoms with Crippen molar-refractivity contribution in [1.29, 1.82) is 0 Å². The first-order chi connectivity index (χ1) is 9.08. The van der Waals surface area contributed by atoms with Crippen LogP contribution in [0, 0.1) is 0 Å². The van der Waals surface area contributed by atoms with Crippen LogP contribution in [0.1, 0.15) is 15.9 Å². The second kappa shape index (κ2) is 6.33. The van der Waals surface area contributed by atoms with Crippen molar-refractivity contribution in [2.45, 2.75) is 10.6 Å². The van der Waals surface area contributed by atoms with Crippen molar-refractivity contribution in [3.8, 4) is 0 Å². The molecule has 0 saturated carbocycles. The van der Waals surface area contributed by atoms with Crippen molar-refractivity contribution in [3.05, 3.63) is 63.6 Å². The van der Waals surface area contributed by atoms with Crippen LogP contribution in [0.5, 0.6) is 0 Å². The van der Waals surface area contributed by atoms with Gasteiger partial charge in [0.05, 0.1) is 5.56 Å². The average molecular weight is 313 g/mol. The zero-order valence-corrected chi connectivity index (χ0v) is 12.1. The first kappa shape index (κ1) is 14.3. The molecule has 0 aromatic heterocycles. The Labute approximate surface area is 125 Å². The number of carboxylic acids is 1. The van der Waals surface area contributed by atoms with E-state index in [2.05, 4.69) is 0 Å². The molecular weight excluding hydrogens is 303 g/mol. The maximum Gasteiger partial charge on any atom is 0.336 e. The van der Waals surface area contributed by atoms with E-state index in [1.165, 1.54) is 17.8 Å². The highest BCUT2D eigenvalue weighted by molar-refractivity contribution is 7.98. The van der Waals surface area contributed by atoms with Crippen LogP contribution >= 0.6 is 35.0 Å². The molecule has 2 nitrogen and oxygen atoms in total. The largest absolute Gasteiger partial charge is 0.478 e. The molecule has 0 unspecified atom stereocenters. The summed E-state index contributed by atoms with van der Waals surface area (Å²) < 4.78 is 0. The molecule has 2 rings (SSSR count). The fourth-order valence-electron chi connectivity index (χ4n) is 1.57. The zero-order chi connectivity index (χ0) is 13.8. The van der Waals surface area contributed by atoms with Crippen LogP contribution in [0.15, 0.2) is 47.4 Å². The van der Waals surface area contributed by atoms with Crippen LogP contribution in [-0.2, 0) is 5.75 Å². The van der Waals surface area contributed by atoms with Crippen LogP contribution in [0.25, 0.3) is 0 Å². The fraction of sp³-hybridized carbons (Fsp3) is 0.0714. The number of aromatic carboxylic acids is 1. The molecule has 0 atom stereocenters. The van der Waals surface area contributed by atoms with Gasteiger partial charge in [-0.1, -0.05) is 41.4 Å². The van der Waals surface area contributed by atoms with Crippen LogP contribution < -0.4 is 0 Å². The second-order valence-electron chi connectivity index (χ2n) is 3.83. The molecule has 1 N–H and O–H groups in total. The number of carboxylic acid groups (broad SMARTS) is 1. The molecule has 19 heavy (non-hydrogen) atoms. The summed E-state index contributed by atoms with van der Waals surface area (Å²) in [5.74, 6) is -0.370. The second-order valence-corrected chi connectivity index (χ2v) is 5.69. The van der Waals surface area contributed by atoms with Crippen molar-refractivity contribution in [1.82, 2.24) is 0 Å². The first-order valence-electron chi connectivity index (χ1n) is 5.47. The van der Waals surface area contributed by atoms with E-state index < -0.39 is 5.97 Å². The molecule has 0 spiro atoms. The topological polar surface area (TPSA) is 37.3 Å². The predicted octanol–water partition coefficient (Wildman–Crippen LogP) is 4.98. The smallest absolute Gasteiger partial charge is 0.336 e. The van der Waals surface area contributed by atoms with Crippen molar-refractivity contribution in [3.63, 3.8) is 0 Å². The molecule has 98 valence electrons. The summed E-state index contributed by atoms with van der Waals surface area (Å²) in [6, 6.07) is 12.4. The molecule has 0 saturated heterocycles. The number of thioether (sulfide) groups is 1. The highest BCUT2D eigenvalue weighted by Crippen LogP contribution is 2.30. The third kappa shape index (κ3) is 3.66. The normalized spacial score (nSPS) is 10.4. The van der Waals surface area contributed by atoms with Crippen molar-refractivity contribution < 1.29 is 9.90 Å². The van der Waals surface area contributed by atoms with Gasteiger partial charge in [-0.05, 0) is 29.8 Å². The maximum absolute atomic E-state index is 11.2. The average Bonchev–Trinajstić information content (AvgIpc) is 2.38. The van der Waals surface area contributed by atoms with Gasteiger partial charge >= 0.3 is 5.97 Å². The van der Waals surface area contributed by atoms with Gasteiger partial charge in [-0.3, -0.25) is 0 Å². The molecule has 0 radical (unpaired) electrons.